The molecule has 3 N–H and O–H groups in total. The van der Waals surface area contributed by atoms with Crippen molar-refractivity contribution in [3.05, 3.63) is 11.3 Å². The summed E-state index contributed by atoms with van der Waals surface area (Å²) in [5.74, 6) is 1.65. The summed E-state index contributed by atoms with van der Waals surface area (Å²) in [6, 6.07) is 1.29. The quantitative estimate of drug-likeness (QED) is 0.827. The smallest absolute Gasteiger partial charge is 0.222 e. The van der Waals surface area contributed by atoms with Crippen LogP contribution in [0.1, 0.15) is 56.2 Å². The van der Waals surface area contributed by atoms with Crippen LogP contribution >= 0.6 is 0 Å². The van der Waals surface area contributed by atoms with E-state index in [2.05, 4.69) is 10.2 Å². The fraction of sp³-hybridized carbons (Fsp3) is 0.765. The molecule has 3 heterocycles. The molecule has 5 heteroatoms. The molecule has 22 heavy (non-hydrogen) atoms. The molecule has 1 saturated carbocycles. The van der Waals surface area contributed by atoms with Crippen LogP contribution in [0.25, 0.3) is 0 Å². The fourth-order valence-corrected chi connectivity index (χ4v) is 5.37. The lowest BCUT2D eigenvalue weighted by Crippen LogP contribution is -2.59. The zero-order valence-corrected chi connectivity index (χ0v) is 13.1. The number of nitrogens with one attached hydrogen (secondary N) is 1. The van der Waals surface area contributed by atoms with Gasteiger partial charge in [0.25, 0.3) is 0 Å². The van der Waals surface area contributed by atoms with Gasteiger partial charge in [-0.05, 0) is 38.5 Å². The minimum atomic E-state index is 0.316. The number of fused-ring (bicyclic) bond motifs is 3. The van der Waals surface area contributed by atoms with Crippen LogP contribution in [0.3, 0.4) is 0 Å². The molecule has 3 fully saturated rings. The Bertz CT molecular complexity index is 607. The summed E-state index contributed by atoms with van der Waals surface area (Å²) in [5.41, 5.74) is 9.19. The summed E-state index contributed by atoms with van der Waals surface area (Å²) in [7, 11) is 0. The van der Waals surface area contributed by atoms with Crippen molar-refractivity contribution in [2.75, 3.05) is 23.7 Å². The molecule has 0 radical (unpaired) electrons. The van der Waals surface area contributed by atoms with Gasteiger partial charge >= 0.3 is 0 Å². The Morgan fingerprint density at radius 1 is 1.14 bits per heavy atom. The second kappa shape index (κ2) is 4.57. The fourth-order valence-electron chi connectivity index (χ4n) is 5.37. The Kier molecular flexibility index (Phi) is 2.72. The third kappa shape index (κ3) is 1.69. The van der Waals surface area contributed by atoms with E-state index in [1.807, 2.05) is 0 Å². The summed E-state index contributed by atoms with van der Waals surface area (Å²) in [6.45, 7) is 2.20. The normalized spacial score (nSPS) is 31.9. The van der Waals surface area contributed by atoms with E-state index >= 15 is 0 Å². The van der Waals surface area contributed by atoms with Crippen LogP contribution in [0.4, 0.5) is 11.8 Å². The van der Waals surface area contributed by atoms with Gasteiger partial charge in [0.1, 0.15) is 5.82 Å². The Hall–Kier alpha value is -1.36. The molecule has 4 aliphatic rings. The molecule has 2 saturated heterocycles. The highest BCUT2D eigenvalue weighted by molar-refractivity contribution is 5.57. The molecule has 2 unspecified atom stereocenters. The van der Waals surface area contributed by atoms with Gasteiger partial charge in [0.2, 0.25) is 5.95 Å². The number of hydrogen-bond donors (Lipinski definition) is 2. The lowest BCUT2D eigenvalue weighted by Gasteiger charge is -2.41. The molecule has 0 amide bonds. The molecule has 2 aliphatic heterocycles. The highest BCUT2D eigenvalue weighted by atomic mass is 15.3. The molecular weight excluding hydrogens is 274 g/mol. The maximum absolute atomic E-state index is 6.13. The zero-order valence-electron chi connectivity index (χ0n) is 13.1. The largest absolute Gasteiger partial charge is 0.368 e. The second-order valence-electron chi connectivity index (χ2n) is 7.64. The number of nitrogen functional groups attached to an aromatic ring is 1. The molecule has 5 nitrogen and oxygen atoms in total. The van der Waals surface area contributed by atoms with E-state index in [0.29, 0.717) is 23.4 Å². The third-order valence-corrected chi connectivity index (χ3v) is 6.55. The van der Waals surface area contributed by atoms with Crippen molar-refractivity contribution in [3.8, 4) is 0 Å². The summed E-state index contributed by atoms with van der Waals surface area (Å²) < 4.78 is 0. The lowest BCUT2D eigenvalue weighted by atomic mass is 9.71. The molecular formula is C17H25N5. The van der Waals surface area contributed by atoms with Crippen LogP contribution < -0.4 is 16.0 Å². The highest BCUT2D eigenvalue weighted by Crippen LogP contribution is 2.50. The topological polar surface area (TPSA) is 67.1 Å². The van der Waals surface area contributed by atoms with Crippen molar-refractivity contribution in [1.29, 1.82) is 0 Å². The molecule has 1 aromatic heterocycles. The van der Waals surface area contributed by atoms with Gasteiger partial charge in [0.15, 0.2) is 0 Å². The molecule has 5 rings (SSSR count). The minimum Gasteiger partial charge on any atom is -0.368 e. The Morgan fingerprint density at radius 2 is 1.95 bits per heavy atom. The molecule has 0 bridgehead atoms. The lowest BCUT2D eigenvalue weighted by molar-refractivity contribution is 0.343. The van der Waals surface area contributed by atoms with E-state index in [0.717, 1.165) is 19.5 Å². The predicted octanol–water partition coefficient (Wildman–Crippen LogP) is 1.76. The molecule has 0 aromatic carbocycles. The third-order valence-electron chi connectivity index (χ3n) is 6.55. The van der Waals surface area contributed by atoms with Gasteiger partial charge in [-0.15, -0.1) is 0 Å². The van der Waals surface area contributed by atoms with Crippen LogP contribution in [0.15, 0.2) is 0 Å². The number of nitrogens with zero attached hydrogens (tertiary/aromatic N) is 3. The van der Waals surface area contributed by atoms with Gasteiger partial charge in [0.05, 0.1) is 11.7 Å². The second-order valence-corrected chi connectivity index (χ2v) is 7.64. The van der Waals surface area contributed by atoms with E-state index in [9.17, 15) is 0 Å². The van der Waals surface area contributed by atoms with Crippen LogP contribution in [-0.2, 0) is 11.8 Å². The number of rotatable bonds is 1. The van der Waals surface area contributed by atoms with Crippen molar-refractivity contribution in [2.24, 2.45) is 0 Å². The van der Waals surface area contributed by atoms with E-state index in [4.69, 9.17) is 15.7 Å². The van der Waals surface area contributed by atoms with Crippen LogP contribution in [0.2, 0.25) is 0 Å². The van der Waals surface area contributed by atoms with Crippen molar-refractivity contribution >= 4 is 11.8 Å². The summed E-state index contributed by atoms with van der Waals surface area (Å²) >= 11 is 0. The first-order valence-corrected chi connectivity index (χ1v) is 8.94. The Morgan fingerprint density at radius 3 is 2.68 bits per heavy atom. The molecule has 2 aliphatic carbocycles. The molecule has 2 atom stereocenters. The highest BCUT2D eigenvalue weighted by Gasteiger charge is 2.45. The molecule has 118 valence electrons. The molecule has 1 spiro atoms. The van der Waals surface area contributed by atoms with E-state index in [1.54, 1.807) is 0 Å². The molecule has 1 aromatic rings. The van der Waals surface area contributed by atoms with Crippen LogP contribution in [0, 0.1) is 0 Å². The van der Waals surface area contributed by atoms with E-state index < -0.39 is 0 Å². The van der Waals surface area contributed by atoms with Crippen molar-refractivity contribution < 1.29 is 0 Å². The maximum Gasteiger partial charge on any atom is 0.222 e. The minimum absolute atomic E-state index is 0.316. The first-order valence-electron chi connectivity index (χ1n) is 8.94. The van der Waals surface area contributed by atoms with E-state index in [1.165, 1.54) is 62.0 Å². The van der Waals surface area contributed by atoms with Gasteiger partial charge < -0.3 is 16.0 Å². The summed E-state index contributed by atoms with van der Waals surface area (Å²) in [6.07, 6.45) is 10.2. The van der Waals surface area contributed by atoms with Gasteiger partial charge in [-0.1, -0.05) is 12.8 Å². The SMILES string of the molecule is Nc1nc(N2CCC3NCC32)c2c(n1)C1(CCCC1)CCC2. The maximum atomic E-state index is 6.13. The predicted molar refractivity (Wildman–Crippen MR) is 87.1 cm³/mol. The van der Waals surface area contributed by atoms with Gasteiger partial charge in [-0.2, -0.15) is 4.98 Å². The summed E-state index contributed by atoms with van der Waals surface area (Å²) in [4.78, 5) is 12.0. The zero-order chi connectivity index (χ0) is 14.7. The van der Waals surface area contributed by atoms with Gasteiger partial charge in [0, 0.05) is 30.1 Å². The van der Waals surface area contributed by atoms with E-state index in [-0.39, 0.29) is 0 Å². The van der Waals surface area contributed by atoms with Crippen LogP contribution in [-0.4, -0.2) is 35.1 Å². The Labute approximate surface area is 131 Å². The van der Waals surface area contributed by atoms with Crippen molar-refractivity contribution in [2.45, 2.75) is 68.9 Å². The van der Waals surface area contributed by atoms with Gasteiger partial charge in [-0.3, -0.25) is 0 Å². The first kappa shape index (κ1) is 13.1. The monoisotopic (exact) mass is 299 g/mol. The average molecular weight is 299 g/mol. The summed E-state index contributed by atoms with van der Waals surface area (Å²) in [5, 5.41) is 3.53. The van der Waals surface area contributed by atoms with Crippen molar-refractivity contribution in [1.82, 2.24) is 15.3 Å². The Balaban J connectivity index is 1.62. The number of nitrogens with two attached hydrogens (primary N) is 1. The average Bonchev–Trinajstić information content (AvgIpc) is 3.05. The number of hydrogen-bond acceptors (Lipinski definition) is 5. The standard InChI is InChI=1S/C17H25N5/c18-16-20-14-11(4-3-8-17(14)6-1-2-7-17)15(21-16)22-9-5-12-13(22)10-19-12/h12-13,19H,1-10H2,(H2,18,20,21). The van der Waals surface area contributed by atoms with Gasteiger partial charge in [-0.25, -0.2) is 4.98 Å². The number of aromatic nitrogens is 2. The van der Waals surface area contributed by atoms with Crippen molar-refractivity contribution in [3.63, 3.8) is 0 Å². The first-order chi connectivity index (χ1) is 10.8. The number of anilines is 2. The van der Waals surface area contributed by atoms with Crippen LogP contribution in [0.5, 0.6) is 0 Å².